The molecule has 146 valence electrons. The fourth-order valence-electron chi connectivity index (χ4n) is 4.00. The number of benzene rings is 1. The SMILES string of the molecule is CCOC(=O)c1ccc(N2C(=O)CC(N3CCCCC3CCO)C2=O)cc1. The Morgan fingerprint density at radius 3 is 2.63 bits per heavy atom. The van der Waals surface area contributed by atoms with Crippen molar-refractivity contribution in [1.82, 2.24) is 4.90 Å². The van der Waals surface area contributed by atoms with Crippen LogP contribution in [0.5, 0.6) is 0 Å². The summed E-state index contributed by atoms with van der Waals surface area (Å²) in [5, 5.41) is 9.31. The van der Waals surface area contributed by atoms with E-state index in [1.54, 1.807) is 31.2 Å². The summed E-state index contributed by atoms with van der Waals surface area (Å²) >= 11 is 0. The number of hydrogen-bond acceptors (Lipinski definition) is 6. The molecule has 0 bridgehead atoms. The normalized spacial score (nSPS) is 23.7. The molecule has 0 saturated carbocycles. The molecule has 2 heterocycles. The van der Waals surface area contributed by atoms with E-state index in [1.807, 2.05) is 0 Å². The van der Waals surface area contributed by atoms with Crippen LogP contribution in [0.2, 0.25) is 0 Å². The van der Waals surface area contributed by atoms with Gasteiger partial charge in [0, 0.05) is 12.6 Å². The average Bonchev–Trinajstić information content (AvgIpc) is 2.97. The van der Waals surface area contributed by atoms with Crippen molar-refractivity contribution in [2.75, 3.05) is 24.7 Å². The Morgan fingerprint density at radius 1 is 1.22 bits per heavy atom. The van der Waals surface area contributed by atoms with Gasteiger partial charge in [-0.05, 0) is 57.0 Å². The third-order valence-electron chi connectivity index (χ3n) is 5.29. The molecule has 7 nitrogen and oxygen atoms in total. The molecule has 3 rings (SSSR count). The van der Waals surface area contributed by atoms with Crippen LogP contribution in [0.4, 0.5) is 5.69 Å². The van der Waals surface area contributed by atoms with Crippen LogP contribution in [0.25, 0.3) is 0 Å². The molecule has 2 atom stereocenters. The second-order valence-electron chi connectivity index (χ2n) is 6.95. The van der Waals surface area contributed by atoms with Crippen LogP contribution in [-0.2, 0) is 14.3 Å². The van der Waals surface area contributed by atoms with Crippen molar-refractivity contribution >= 4 is 23.5 Å². The number of amides is 2. The molecule has 1 N–H and O–H groups in total. The van der Waals surface area contributed by atoms with Crippen LogP contribution in [0.15, 0.2) is 24.3 Å². The van der Waals surface area contributed by atoms with E-state index < -0.39 is 12.0 Å². The first-order chi connectivity index (χ1) is 13.1. The predicted molar refractivity (Wildman–Crippen MR) is 99.3 cm³/mol. The van der Waals surface area contributed by atoms with Crippen molar-refractivity contribution in [2.24, 2.45) is 0 Å². The summed E-state index contributed by atoms with van der Waals surface area (Å²) in [6.45, 7) is 2.87. The van der Waals surface area contributed by atoms with E-state index in [0.717, 1.165) is 25.8 Å². The van der Waals surface area contributed by atoms with Gasteiger partial charge in [0.25, 0.3) is 5.91 Å². The summed E-state index contributed by atoms with van der Waals surface area (Å²) in [5.41, 5.74) is 0.853. The van der Waals surface area contributed by atoms with E-state index in [-0.39, 0.29) is 37.5 Å². The molecule has 2 unspecified atom stereocenters. The Hall–Kier alpha value is -2.25. The van der Waals surface area contributed by atoms with Gasteiger partial charge in [-0.1, -0.05) is 6.42 Å². The summed E-state index contributed by atoms with van der Waals surface area (Å²) in [7, 11) is 0. The van der Waals surface area contributed by atoms with Crippen molar-refractivity contribution < 1.29 is 24.2 Å². The molecule has 27 heavy (non-hydrogen) atoms. The fourth-order valence-corrected chi connectivity index (χ4v) is 4.00. The molecule has 0 spiro atoms. The first-order valence-corrected chi connectivity index (χ1v) is 9.57. The number of likely N-dealkylation sites (tertiary alicyclic amines) is 1. The van der Waals surface area contributed by atoms with Crippen LogP contribution < -0.4 is 4.90 Å². The minimum Gasteiger partial charge on any atom is -0.462 e. The van der Waals surface area contributed by atoms with E-state index in [0.29, 0.717) is 17.7 Å². The van der Waals surface area contributed by atoms with Gasteiger partial charge in [-0.3, -0.25) is 14.5 Å². The Morgan fingerprint density at radius 2 is 1.96 bits per heavy atom. The maximum absolute atomic E-state index is 13.0. The summed E-state index contributed by atoms with van der Waals surface area (Å²) in [4.78, 5) is 40.6. The lowest BCUT2D eigenvalue weighted by Crippen LogP contribution is -2.50. The van der Waals surface area contributed by atoms with Gasteiger partial charge in [0.05, 0.1) is 30.3 Å². The Balaban J connectivity index is 1.76. The molecule has 2 saturated heterocycles. The minimum absolute atomic E-state index is 0.0784. The number of rotatable bonds is 6. The van der Waals surface area contributed by atoms with Crippen molar-refractivity contribution in [3.05, 3.63) is 29.8 Å². The van der Waals surface area contributed by atoms with Crippen molar-refractivity contribution in [3.63, 3.8) is 0 Å². The van der Waals surface area contributed by atoms with Gasteiger partial charge < -0.3 is 9.84 Å². The van der Waals surface area contributed by atoms with E-state index in [4.69, 9.17) is 4.74 Å². The highest BCUT2D eigenvalue weighted by Gasteiger charge is 2.44. The molecule has 1 aromatic rings. The second kappa shape index (κ2) is 8.63. The molecule has 2 amide bonds. The number of esters is 1. The first-order valence-electron chi connectivity index (χ1n) is 9.57. The molecule has 0 aliphatic carbocycles. The number of hydrogen-bond donors (Lipinski definition) is 1. The average molecular weight is 374 g/mol. The highest BCUT2D eigenvalue weighted by Crippen LogP contribution is 2.30. The van der Waals surface area contributed by atoms with Gasteiger partial charge in [0.1, 0.15) is 0 Å². The number of carbonyl (C=O) groups excluding carboxylic acids is 3. The molecule has 7 heteroatoms. The summed E-state index contributed by atoms with van der Waals surface area (Å²) < 4.78 is 4.95. The van der Waals surface area contributed by atoms with E-state index in [9.17, 15) is 19.5 Å². The van der Waals surface area contributed by atoms with Crippen molar-refractivity contribution in [2.45, 2.75) is 51.1 Å². The maximum atomic E-state index is 13.0. The van der Waals surface area contributed by atoms with Crippen LogP contribution >= 0.6 is 0 Å². The van der Waals surface area contributed by atoms with Crippen molar-refractivity contribution in [3.8, 4) is 0 Å². The number of piperidine rings is 1. The van der Waals surface area contributed by atoms with Crippen LogP contribution in [-0.4, -0.2) is 59.6 Å². The second-order valence-corrected chi connectivity index (χ2v) is 6.95. The Labute approximate surface area is 158 Å². The third kappa shape index (κ3) is 4.04. The number of aliphatic hydroxyl groups excluding tert-OH is 1. The maximum Gasteiger partial charge on any atom is 0.338 e. The molecular formula is C20H26N2O5. The molecule has 2 aliphatic rings. The standard InChI is InChI=1S/C20H26N2O5/c1-2-27-20(26)14-6-8-16(9-7-14)22-18(24)13-17(19(22)25)21-11-4-3-5-15(21)10-12-23/h6-9,15,17,23H,2-5,10-13H2,1H3. The van der Waals surface area contributed by atoms with Crippen LogP contribution in [0.1, 0.15) is 49.4 Å². The summed E-state index contributed by atoms with van der Waals surface area (Å²) in [6.07, 6.45) is 3.78. The van der Waals surface area contributed by atoms with Gasteiger partial charge in [-0.15, -0.1) is 0 Å². The van der Waals surface area contributed by atoms with E-state index in [2.05, 4.69) is 4.90 Å². The Bertz CT molecular complexity index is 701. The zero-order chi connectivity index (χ0) is 19.4. The van der Waals surface area contributed by atoms with E-state index in [1.165, 1.54) is 4.90 Å². The fraction of sp³-hybridized carbons (Fsp3) is 0.550. The number of aliphatic hydroxyl groups is 1. The molecular weight excluding hydrogens is 348 g/mol. The molecule has 2 fully saturated rings. The number of anilines is 1. The van der Waals surface area contributed by atoms with Gasteiger partial charge >= 0.3 is 5.97 Å². The molecule has 0 aromatic heterocycles. The molecule has 1 aromatic carbocycles. The van der Waals surface area contributed by atoms with Gasteiger partial charge in [-0.2, -0.15) is 0 Å². The lowest BCUT2D eigenvalue weighted by molar-refractivity contribution is -0.123. The largest absolute Gasteiger partial charge is 0.462 e. The highest BCUT2D eigenvalue weighted by molar-refractivity contribution is 6.22. The summed E-state index contributed by atoms with van der Waals surface area (Å²) in [5.74, 6) is -0.892. The Kier molecular flexibility index (Phi) is 6.23. The van der Waals surface area contributed by atoms with Gasteiger partial charge in [0.15, 0.2) is 0 Å². The number of carbonyl (C=O) groups is 3. The van der Waals surface area contributed by atoms with Crippen molar-refractivity contribution in [1.29, 1.82) is 0 Å². The minimum atomic E-state index is -0.473. The van der Waals surface area contributed by atoms with Crippen LogP contribution in [0.3, 0.4) is 0 Å². The van der Waals surface area contributed by atoms with Crippen LogP contribution in [0, 0.1) is 0 Å². The predicted octanol–water partition coefficient (Wildman–Crippen LogP) is 1.73. The quantitative estimate of drug-likeness (QED) is 0.603. The smallest absolute Gasteiger partial charge is 0.338 e. The molecule has 2 aliphatic heterocycles. The van der Waals surface area contributed by atoms with Gasteiger partial charge in [0.2, 0.25) is 5.91 Å². The third-order valence-corrected chi connectivity index (χ3v) is 5.29. The number of ether oxygens (including phenoxy) is 1. The zero-order valence-corrected chi connectivity index (χ0v) is 15.6. The van der Waals surface area contributed by atoms with Gasteiger partial charge in [-0.25, -0.2) is 9.69 Å². The first kappa shape index (κ1) is 19.5. The lowest BCUT2D eigenvalue weighted by atomic mass is 9.97. The lowest BCUT2D eigenvalue weighted by Gasteiger charge is -2.38. The van der Waals surface area contributed by atoms with E-state index >= 15 is 0 Å². The number of imide groups is 1. The zero-order valence-electron chi connectivity index (χ0n) is 15.6. The molecule has 0 radical (unpaired) electrons. The number of nitrogens with zero attached hydrogens (tertiary/aromatic N) is 2. The topological polar surface area (TPSA) is 87.2 Å². The highest BCUT2D eigenvalue weighted by atomic mass is 16.5. The monoisotopic (exact) mass is 374 g/mol. The summed E-state index contributed by atoms with van der Waals surface area (Å²) in [6, 6.07) is 6.00.